The first-order chi connectivity index (χ1) is 8.37. The van der Waals surface area contributed by atoms with E-state index in [0.29, 0.717) is 0 Å². The standard InChI is InChI=1S/C6H4NO2.C5H9O2.Co.O/c8-7(9)6-4-2-1-3-5-6;1-5(2,3)7-4-6;;/h2-5H;1-3H3;;/q2*-1;;. The van der Waals surface area contributed by atoms with Gasteiger partial charge in [-0.05, 0) is 20.8 Å². The summed E-state index contributed by atoms with van der Waals surface area (Å²) in [5.74, 6) is 0. The van der Waals surface area contributed by atoms with Gasteiger partial charge in [-0.3, -0.25) is 10.1 Å². The van der Waals surface area contributed by atoms with Gasteiger partial charge in [-0.15, -0.1) is 0 Å². The maximum absolute atomic E-state index is 9.99. The van der Waals surface area contributed by atoms with E-state index in [1.54, 1.807) is 20.8 Å². The van der Waals surface area contributed by atoms with Crippen LogP contribution in [0.25, 0.3) is 0 Å². The van der Waals surface area contributed by atoms with Crippen molar-refractivity contribution in [2.45, 2.75) is 26.4 Å². The fourth-order valence-electron chi connectivity index (χ4n) is 0.625. The molecule has 0 bridgehead atoms. The van der Waals surface area contributed by atoms with Crippen molar-refractivity contribution >= 4 is 12.2 Å². The summed E-state index contributed by atoms with van der Waals surface area (Å²) in [4.78, 5) is 19.0. The molecule has 0 fully saturated rings. The Morgan fingerprint density at radius 3 is 1.94 bits per heavy atom. The predicted molar refractivity (Wildman–Crippen MR) is 59.2 cm³/mol. The second-order valence-corrected chi connectivity index (χ2v) is 3.81. The van der Waals surface area contributed by atoms with Crippen LogP contribution in [0.15, 0.2) is 24.3 Å². The average Bonchev–Trinajstić information content (AvgIpc) is 2.32. The van der Waals surface area contributed by atoms with E-state index in [-0.39, 0.29) is 11.3 Å². The monoisotopic (exact) mass is 298 g/mol. The van der Waals surface area contributed by atoms with Gasteiger partial charge in [0.2, 0.25) is 0 Å². The molecule has 0 N–H and O–H groups in total. The van der Waals surface area contributed by atoms with Crippen LogP contribution in [0.1, 0.15) is 20.8 Å². The molecule has 0 aliphatic carbocycles. The van der Waals surface area contributed by atoms with Crippen molar-refractivity contribution in [3.05, 3.63) is 40.4 Å². The number of ether oxygens (including phenoxy) is 1. The number of nitro benzene ring substituents is 1. The average molecular weight is 298 g/mol. The molecule has 1 aromatic rings. The molecule has 7 heteroatoms. The van der Waals surface area contributed by atoms with Crippen LogP contribution in [0.3, 0.4) is 0 Å². The summed E-state index contributed by atoms with van der Waals surface area (Å²) in [5, 5.41) is 9.99. The zero-order chi connectivity index (χ0) is 14.6. The number of hydrogen-bond acceptors (Lipinski definition) is 5. The number of nitro groups is 1. The van der Waals surface area contributed by atoms with E-state index in [0.717, 1.165) is 0 Å². The fraction of sp³-hybridized carbons (Fsp3) is 0.364. The Bertz CT molecular complexity index is 350. The first kappa shape index (κ1) is 18.8. The minimum absolute atomic E-state index is 0.105. The molecule has 0 spiro atoms. The summed E-state index contributed by atoms with van der Waals surface area (Å²) in [6.07, 6.45) is 0. The Balaban J connectivity index is 0. The minimum atomic E-state index is -0.437. The molecule has 0 radical (unpaired) electrons. The Kier molecular flexibility index (Phi) is 11.0. The zero-order valence-corrected chi connectivity index (χ0v) is 11.2. The number of non-ortho nitro benzene ring substituents is 1. The second-order valence-electron chi connectivity index (χ2n) is 3.81. The summed E-state index contributed by atoms with van der Waals surface area (Å²) in [6.45, 7) is 6.73. The Hall–Kier alpha value is -1.60. The van der Waals surface area contributed by atoms with Gasteiger partial charge in [0.1, 0.15) is 0 Å². The summed E-state index contributed by atoms with van der Waals surface area (Å²) in [5.41, 5.74) is -0.268. The summed E-state index contributed by atoms with van der Waals surface area (Å²) in [7, 11) is 0. The zero-order valence-electron chi connectivity index (χ0n) is 10.1. The van der Waals surface area contributed by atoms with Crippen molar-refractivity contribution in [3.8, 4) is 0 Å². The molecule has 0 aliphatic heterocycles. The van der Waals surface area contributed by atoms with Crippen LogP contribution in [0.5, 0.6) is 0 Å². The molecule has 0 saturated heterocycles. The molecule has 6 nitrogen and oxygen atoms in total. The van der Waals surface area contributed by atoms with Gasteiger partial charge < -0.3 is 9.53 Å². The van der Waals surface area contributed by atoms with Crippen LogP contribution in [0.4, 0.5) is 5.69 Å². The molecule has 0 aromatic heterocycles. The second kappa shape index (κ2) is 10.5. The van der Waals surface area contributed by atoms with Crippen molar-refractivity contribution in [1.82, 2.24) is 0 Å². The molecule has 0 atom stereocenters. The summed E-state index contributed by atoms with van der Waals surface area (Å²) >= 11 is 2.31. The van der Waals surface area contributed by atoms with Gasteiger partial charge in [0.05, 0.1) is 5.60 Å². The Labute approximate surface area is 113 Å². The van der Waals surface area contributed by atoms with Crippen molar-refractivity contribution in [2.24, 2.45) is 0 Å². The number of hydrogen-bond donors (Lipinski definition) is 0. The molecule has 0 heterocycles. The number of benzene rings is 1. The van der Waals surface area contributed by atoms with Crippen LogP contribution in [-0.2, 0) is 29.1 Å². The van der Waals surface area contributed by atoms with E-state index in [4.69, 9.17) is 3.87 Å². The van der Waals surface area contributed by atoms with E-state index in [9.17, 15) is 14.9 Å². The molecular formula is C11H13CoNO5-2. The van der Waals surface area contributed by atoms with Crippen LogP contribution in [0, 0.1) is 16.2 Å². The van der Waals surface area contributed by atoms with Crippen LogP contribution in [-0.4, -0.2) is 17.0 Å². The van der Waals surface area contributed by atoms with Crippen LogP contribution in [0.2, 0.25) is 0 Å². The third kappa shape index (κ3) is 12.5. The topological polar surface area (TPSA) is 86.5 Å². The van der Waals surface area contributed by atoms with Gasteiger partial charge >= 0.3 is 19.5 Å². The molecule has 0 amide bonds. The first-order valence-corrected chi connectivity index (χ1v) is 5.08. The van der Waals surface area contributed by atoms with Gasteiger partial charge in [0.15, 0.2) is 5.69 Å². The SMILES string of the molecule is CC(C)(C)O[C-]=O.O=[N+]([O-])c1cc[c-]cc1.[O]=[Co]. The fourth-order valence-corrected chi connectivity index (χ4v) is 0.625. The van der Waals surface area contributed by atoms with E-state index in [1.807, 2.05) is 0 Å². The molecule has 18 heavy (non-hydrogen) atoms. The van der Waals surface area contributed by atoms with Gasteiger partial charge in [-0.2, -0.15) is 18.2 Å². The Morgan fingerprint density at radius 1 is 1.33 bits per heavy atom. The number of rotatable bonds is 2. The Morgan fingerprint density at radius 2 is 1.78 bits per heavy atom. The molecule has 1 aromatic carbocycles. The van der Waals surface area contributed by atoms with Crippen LogP contribution < -0.4 is 0 Å². The molecule has 1 rings (SSSR count). The third-order valence-electron chi connectivity index (χ3n) is 1.26. The van der Waals surface area contributed by atoms with E-state index in [2.05, 4.69) is 26.5 Å². The van der Waals surface area contributed by atoms with Crippen molar-refractivity contribution in [2.75, 3.05) is 0 Å². The molecule has 0 unspecified atom stereocenters. The number of nitrogens with zero attached hydrogens (tertiary/aromatic N) is 1. The molecular weight excluding hydrogens is 285 g/mol. The van der Waals surface area contributed by atoms with Gasteiger partial charge in [0, 0.05) is 4.92 Å². The molecule has 103 valence electrons. The van der Waals surface area contributed by atoms with Gasteiger partial charge in [0.25, 0.3) is 0 Å². The van der Waals surface area contributed by atoms with Crippen molar-refractivity contribution < 1.29 is 34.0 Å². The van der Waals surface area contributed by atoms with Gasteiger partial charge in [-0.25, -0.2) is 0 Å². The summed E-state index contributed by atoms with van der Waals surface area (Å²) in [6, 6.07) is 8.51. The normalized spacial score (nSPS) is 8.89. The molecule has 0 saturated carbocycles. The third-order valence-corrected chi connectivity index (χ3v) is 1.26. The summed E-state index contributed by atoms with van der Waals surface area (Å²) < 4.78 is 12.4. The first-order valence-electron chi connectivity index (χ1n) is 4.66. The van der Waals surface area contributed by atoms with Gasteiger partial charge in [-0.1, -0.05) is 18.6 Å². The van der Waals surface area contributed by atoms with Crippen molar-refractivity contribution in [3.63, 3.8) is 0 Å². The molecule has 0 aliphatic rings. The quantitative estimate of drug-likeness (QED) is 0.474. The van der Waals surface area contributed by atoms with E-state index < -0.39 is 4.92 Å². The van der Waals surface area contributed by atoms with E-state index >= 15 is 0 Å². The number of carbonyl (C=O) groups excluding carboxylic acids is 1. The maximum atomic E-state index is 9.99. The van der Waals surface area contributed by atoms with Crippen LogP contribution >= 0.6 is 0 Å². The predicted octanol–water partition coefficient (Wildman–Crippen LogP) is 2.14. The van der Waals surface area contributed by atoms with E-state index in [1.165, 1.54) is 30.7 Å². The van der Waals surface area contributed by atoms with Crippen molar-refractivity contribution in [1.29, 1.82) is 0 Å².